The Bertz CT molecular complexity index is 576. The molecule has 6 nitrogen and oxygen atoms in total. The molecule has 1 aromatic heterocycles. The molecule has 1 amide bonds. The standard InChI is InChI=1S/C18H29N3O3/c1-5-14-10-15(24-20-14)11-19-18(22)17-9-13(16(6-2)23-17)12-21(7-3)8-4/h9,15H,5-8,10-12H2,1-4H3,(H,19,22)/t15-/m0/s1. The summed E-state index contributed by atoms with van der Waals surface area (Å²) < 4.78 is 5.76. The van der Waals surface area contributed by atoms with E-state index in [4.69, 9.17) is 9.25 Å². The van der Waals surface area contributed by atoms with Gasteiger partial charge in [-0.2, -0.15) is 0 Å². The molecule has 134 valence electrons. The van der Waals surface area contributed by atoms with Crippen LogP contribution in [0.25, 0.3) is 0 Å². The van der Waals surface area contributed by atoms with E-state index in [1.807, 2.05) is 13.0 Å². The van der Waals surface area contributed by atoms with Crippen LogP contribution in [0.2, 0.25) is 0 Å². The predicted octanol–water partition coefficient (Wildman–Crippen LogP) is 2.97. The average molecular weight is 335 g/mol. The molecule has 6 heteroatoms. The highest BCUT2D eigenvalue weighted by atomic mass is 16.6. The minimum Gasteiger partial charge on any atom is -0.456 e. The zero-order chi connectivity index (χ0) is 17.5. The van der Waals surface area contributed by atoms with Crippen LogP contribution >= 0.6 is 0 Å². The van der Waals surface area contributed by atoms with Crippen LogP contribution in [0.3, 0.4) is 0 Å². The lowest BCUT2D eigenvalue weighted by molar-refractivity contribution is 0.0739. The molecule has 0 spiro atoms. The Kier molecular flexibility index (Phi) is 6.85. The first-order valence-electron chi connectivity index (χ1n) is 8.94. The van der Waals surface area contributed by atoms with Gasteiger partial charge in [0.15, 0.2) is 5.76 Å². The first-order valence-corrected chi connectivity index (χ1v) is 8.94. The van der Waals surface area contributed by atoms with E-state index in [1.165, 1.54) is 0 Å². The van der Waals surface area contributed by atoms with Gasteiger partial charge in [-0.25, -0.2) is 0 Å². The summed E-state index contributed by atoms with van der Waals surface area (Å²) >= 11 is 0. The second-order valence-corrected chi connectivity index (χ2v) is 6.03. The van der Waals surface area contributed by atoms with Crippen LogP contribution in [0.1, 0.15) is 62.4 Å². The maximum absolute atomic E-state index is 12.3. The maximum Gasteiger partial charge on any atom is 0.287 e. The minimum absolute atomic E-state index is 0.0698. The van der Waals surface area contributed by atoms with Crippen molar-refractivity contribution in [2.45, 2.75) is 59.6 Å². The summed E-state index contributed by atoms with van der Waals surface area (Å²) in [5.41, 5.74) is 2.14. The van der Waals surface area contributed by atoms with Gasteiger partial charge in [-0.1, -0.05) is 32.9 Å². The average Bonchev–Trinajstić information content (AvgIpc) is 3.23. The number of furan rings is 1. The van der Waals surface area contributed by atoms with Gasteiger partial charge in [0.25, 0.3) is 5.91 Å². The Morgan fingerprint density at radius 1 is 1.29 bits per heavy atom. The molecule has 1 N–H and O–H groups in total. The highest BCUT2D eigenvalue weighted by molar-refractivity contribution is 5.92. The Morgan fingerprint density at radius 2 is 2.04 bits per heavy atom. The van der Waals surface area contributed by atoms with Crippen molar-refractivity contribution in [2.24, 2.45) is 5.16 Å². The molecule has 0 aliphatic carbocycles. The van der Waals surface area contributed by atoms with Gasteiger partial charge in [-0.3, -0.25) is 9.69 Å². The van der Waals surface area contributed by atoms with E-state index in [0.717, 1.165) is 55.9 Å². The van der Waals surface area contributed by atoms with E-state index in [-0.39, 0.29) is 12.0 Å². The van der Waals surface area contributed by atoms with Gasteiger partial charge in [-0.15, -0.1) is 0 Å². The lowest BCUT2D eigenvalue weighted by Crippen LogP contribution is -2.32. The van der Waals surface area contributed by atoms with Crippen molar-refractivity contribution in [1.29, 1.82) is 0 Å². The number of oxime groups is 1. The van der Waals surface area contributed by atoms with Gasteiger partial charge in [0.05, 0.1) is 12.3 Å². The first kappa shape index (κ1) is 18.5. The van der Waals surface area contributed by atoms with Crippen molar-refractivity contribution in [3.05, 3.63) is 23.2 Å². The highest BCUT2D eigenvalue weighted by Gasteiger charge is 2.22. The number of nitrogens with one attached hydrogen (secondary N) is 1. The summed E-state index contributed by atoms with van der Waals surface area (Å²) in [6.07, 6.45) is 2.38. The fourth-order valence-electron chi connectivity index (χ4n) is 2.80. The molecular formula is C18H29N3O3. The van der Waals surface area contributed by atoms with Gasteiger partial charge in [0, 0.05) is 24.9 Å². The van der Waals surface area contributed by atoms with Gasteiger partial charge in [-0.05, 0) is 25.6 Å². The largest absolute Gasteiger partial charge is 0.456 e. The summed E-state index contributed by atoms with van der Waals surface area (Å²) in [5, 5.41) is 6.89. The van der Waals surface area contributed by atoms with E-state index < -0.39 is 0 Å². The topological polar surface area (TPSA) is 67.1 Å². The van der Waals surface area contributed by atoms with E-state index in [0.29, 0.717) is 12.3 Å². The molecule has 0 saturated heterocycles. The first-order chi connectivity index (χ1) is 11.6. The Hall–Kier alpha value is -1.82. The molecule has 1 atom stereocenters. The fraction of sp³-hybridized carbons (Fsp3) is 0.667. The second-order valence-electron chi connectivity index (χ2n) is 6.03. The van der Waals surface area contributed by atoms with Crippen LogP contribution in [0.5, 0.6) is 0 Å². The summed E-state index contributed by atoms with van der Waals surface area (Å²) in [7, 11) is 0. The summed E-state index contributed by atoms with van der Waals surface area (Å²) in [6, 6.07) is 1.87. The Labute approximate surface area is 144 Å². The third kappa shape index (κ3) is 4.60. The van der Waals surface area contributed by atoms with Gasteiger partial charge >= 0.3 is 0 Å². The molecule has 0 unspecified atom stereocenters. The SMILES string of the molecule is CCC1=NO[C@H](CNC(=O)c2cc(CN(CC)CC)c(CC)o2)C1. The van der Waals surface area contributed by atoms with Crippen molar-refractivity contribution >= 4 is 11.6 Å². The third-order valence-corrected chi connectivity index (χ3v) is 4.42. The lowest BCUT2D eigenvalue weighted by Gasteiger charge is -2.17. The lowest BCUT2D eigenvalue weighted by atomic mass is 10.1. The van der Waals surface area contributed by atoms with Crippen molar-refractivity contribution in [2.75, 3.05) is 19.6 Å². The number of hydrogen-bond acceptors (Lipinski definition) is 5. The number of carbonyl (C=O) groups is 1. The normalized spacial score (nSPS) is 17.0. The van der Waals surface area contributed by atoms with Crippen LogP contribution in [-0.4, -0.2) is 42.3 Å². The van der Waals surface area contributed by atoms with Crippen LogP contribution in [0.15, 0.2) is 15.6 Å². The van der Waals surface area contributed by atoms with Crippen molar-refractivity contribution < 1.29 is 14.0 Å². The molecule has 1 aliphatic heterocycles. The van der Waals surface area contributed by atoms with Gasteiger partial charge in [0.2, 0.25) is 0 Å². The number of carbonyl (C=O) groups excluding carboxylic acids is 1. The van der Waals surface area contributed by atoms with E-state index in [2.05, 4.69) is 36.1 Å². The zero-order valence-electron chi connectivity index (χ0n) is 15.2. The number of nitrogens with zero attached hydrogens (tertiary/aromatic N) is 2. The predicted molar refractivity (Wildman–Crippen MR) is 94.3 cm³/mol. The number of aryl methyl sites for hydroxylation is 1. The van der Waals surface area contributed by atoms with E-state index >= 15 is 0 Å². The monoisotopic (exact) mass is 335 g/mol. The molecule has 0 bridgehead atoms. The van der Waals surface area contributed by atoms with E-state index in [9.17, 15) is 4.79 Å². The minimum atomic E-state index is -0.191. The molecule has 1 aliphatic rings. The van der Waals surface area contributed by atoms with Crippen LogP contribution in [0.4, 0.5) is 0 Å². The Morgan fingerprint density at radius 3 is 2.62 bits per heavy atom. The summed E-state index contributed by atoms with van der Waals surface area (Å²) in [5.74, 6) is 1.08. The van der Waals surface area contributed by atoms with E-state index in [1.54, 1.807) is 0 Å². The molecule has 0 fully saturated rings. The smallest absolute Gasteiger partial charge is 0.287 e. The number of hydrogen-bond donors (Lipinski definition) is 1. The molecule has 2 rings (SSSR count). The molecule has 0 aromatic carbocycles. The van der Waals surface area contributed by atoms with Gasteiger partial charge in [0.1, 0.15) is 11.9 Å². The second kappa shape index (κ2) is 8.87. The fourth-order valence-corrected chi connectivity index (χ4v) is 2.80. The quantitative estimate of drug-likeness (QED) is 0.753. The molecular weight excluding hydrogens is 306 g/mol. The Balaban J connectivity index is 1.93. The highest BCUT2D eigenvalue weighted by Crippen LogP contribution is 2.19. The molecule has 2 heterocycles. The molecule has 24 heavy (non-hydrogen) atoms. The summed E-state index contributed by atoms with van der Waals surface area (Å²) in [6.45, 7) is 11.6. The van der Waals surface area contributed by atoms with Crippen molar-refractivity contribution in [1.82, 2.24) is 10.2 Å². The number of rotatable bonds is 9. The van der Waals surface area contributed by atoms with Crippen molar-refractivity contribution in [3.63, 3.8) is 0 Å². The van der Waals surface area contributed by atoms with Crippen LogP contribution < -0.4 is 5.32 Å². The van der Waals surface area contributed by atoms with Crippen molar-refractivity contribution in [3.8, 4) is 0 Å². The molecule has 0 saturated carbocycles. The van der Waals surface area contributed by atoms with Crippen LogP contribution in [-0.2, 0) is 17.8 Å². The molecule has 0 radical (unpaired) electrons. The third-order valence-electron chi connectivity index (χ3n) is 4.42. The van der Waals surface area contributed by atoms with Crippen LogP contribution in [0, 0.1) is 0 Å². The maximum atomic E-state index is 12.3. The van der Waals surface area contributed by atoms with Gasteiger partial charge < -0.3 is 14.6 Å². The summed E-state index contributed by atoms with van der Waals surface area (Å²) in [4.78, 5) is 20.0. The molecule has 1 aromatic rings. The zero-order valence-corrected chi connectivity index (χ0v) is 15.2. The number of amides is 1.